The fraction of sp³-hybridized carbons (Fsp3) is 0. The van der Waals surface area contributed by atoms with Gasteiger partial charge in [0.25, 0.3) is 0 Å². The Labute approximate surface area is 140 Å². The van der Waals surface area contributed by atoms with Gasteiger partial charge in [-0.1, -0.05) is 120 Å². The molecule has 0 aromatic heterocycles. The Balaban J connectivity index is 0.000000140. The zero-order valence-corrected chi connectivity index (χ0v) is 14.5. The number of hydrogen-bond donors (Lipinski definition) is 0. The van der Waals surface area contributed by atoms with Gasteiger partial charge in [0.05, 0.1) is 9.52 Å². The van der Waals surface area contributed by atoms with Crippen molar-refractivity contribution in [2.75, 3.05) is 0 Å². The summed E-state index contributed by atoms with van der Waals surface area (Å²) in [4.78, 5) is 0. The molecule has 4 aromatic rings. The highest BCUT2D eigenvalue weighted by Gasteiger charge is 1.93. The zero-order chi connectivity index (χ0) is 15.7. The van der Waals surface area contributed by atoms with Gasteiger partial charge < -0.3 is 0 Å². The van der Waals surface area contributed by atoms with Crippen molar-refractivity contribution >= 4 is 30.7 Å². The molecular formula is C22H20Si. The average molecular weight is 312 g/mol. The van der Waals surface area contributed by atoms with Crippen LogP contribution in [0.15, 0.2) is 109 Å². The second-order valence-corrected chi connectivity index (χ2v) is 7.48. The normalized spacial score (nSPS) is 9.91. The number of hydrogen-bond acceptors (Lipinski definition) is 0. The van der Waals surface area contributed by atoms with Crippen LogP contribution in [0.2, 0.25) is 0 Å². The van der Waals surface area contributed by atoms with Crippen molar-refractivity contribution in [3.05, 3.63) is 109 Å². The predicted octanol–water partition coefficient (Wildman–Crippen LogP) is 3.65. The Bertz CT molecular complexity index is 736. The molecule has 0 unspecified atom stereocenters. The molecule has 0 amide bonds. The molecule has 4 aromatic carbocycles. The first-order chi connectivity index (χ1) is 11.4. The summed E-state index contributed by atoms with van der Waals surface area (Å²) in [6.45, 7) is 0. The Hall–Kier alpha value is -2.64. The Morgan fingerprint density at radius 2 is 0.652 bits per heavy atom. The van der Waals surface area contributed by atoms with E-state index >= 15 is 0 Å². The quantitative estimate of drug-likeness (QED) is 0.496. The first kappa shape index (κ1) is 15.3. The molecule has 4 rings (SSSR count). The van der Waals surface area contributed by atoms with Gasteiger partial charge in [-0.05, 0) is 10.8 Å². The van der Waals surface area contributed by atoms with E-state index < -0.39 is 0 Å². The maximum absolute atomic E-state index is 2.22. The van der Waals surface area contributed by atoms with Crippen LogP contribution in [-0.4, -0.2) is 9.52 Å². The minimum absolute atomic E-state index is 0.234. The standard InChI is InChI=1S/C12H12Si.C10H8/c1-3-7-11(8-4-1)13-12-9-5-2-6-10-12;1-2-6-10-8-4-3-7-9(10)5-1/h1-10H,13H2;1-8H. The third-order valence-corrected chi connectivity index (χ3v) is 5.51. The molecule has 0 saturated heterocycles. The van der Waals surface area contributed by atoms with Crippen LogP contribution in [-0.2, 0) is 0 Å². The van der Waals surface area contributed by atoms with Crippen LogP contribution < -0.4 is 10.4 Å². The van der Waals surface area contributed by atoms with Crippen LogP contribution in [0.3, 0.4) is 0 Å². The lowest BCUT2D eigenvalue weighted by Crippen LogP contribution is -2.26. The van der Waals surface area contributed by atoms with Gasteiger partial charge in [-0.2, -0.15) is 0 Å². The molecule has 0 saturated carbocycles. The van der Waals surface area contributed by atoms with E-state index in [0.717, 1.165) is 0 Å². The van der Waals surface area contributed by atoms with Crippen molar-refractivity contribution in [1.29, 1.82) is 0 Å². The first-order valence-electron chi connectivity index (χ1n) is 7.93. The Morgan fingerprint density at radius 3 is 1.00 bits per heavy atom. The molecule has 0 atom stereocenters. The monoisotopic (exact) mass is 312 g/mol. The minimum Gasteiger partial charge on any atom is -0.0633 e. The molecule has 0 fully saturated rings. The maximum atomic E-state index is 2.22. The van der Waals surface area contributed by atoms with Gasteiger partial charge in [0.2, 0.25) is 0 Å². The summed E-state index contributed by atoms with van der Waals surface area (Å²) in [5.74, 6) is 0. The molecular weight excluding hydrogens is 292 g/mol. The molecule has 23 heavy (non-hydrogen) atoms. The fourth-order valence-electron chi connectivity index (χ4n) is 2.56. The lowest BCUT2D eigenvalue weighted by Gasteiger charge is -1.99. The van der Waals surface area contributed by atoms with E-state index in [0.29, 0.717) is 0 Å². The van der Waals surface area contributed by atoms with Crippen LogP contribution in [0.25, 0.3) is 10.8 Å². The van der Waals surface area contributed by atoms with Gasteiger partial charge in [-0.3, -0.25) is 0 Å². The number of fused-ring (bicyclic) bond motifs is 1. The average Bonchev–Trinajstić information content (AvgIpc) is 2.64. The van der Waals surface area contributed by atoms with E-state index in [4.69, 9.17) is 0 Å². The smallest absolute Gasteiger partial charge is 0.0633 e. The van der Waals surface area contributed by atoms with Gasteiger partial charge >= 0.3 is 0 Å². The molecule has 0 aliphatic rings. The Morgan fingerprint density at radius 1 is 0.348 bits per heavy atom. The minimum atomic E-state index is -0.234. The van der Waals surface area contributed by atoms with Gasteiger partial charge in [0, 0.05) is 0 Å². The molecule has 0 radical (unpaired) electrons. The third kappa shape index (κ3) is 4.66. The molecule has 0 N–H and O–H groups in total. The highest BCUT2D eigenvalue weighted by molar-refractivity contribution is 6.67. The summed E-state index contributed by atoms with van der Waals surface area (Å²) in [5, 5.41) is 5.64. The van der Waals surface area contributed by atoms with Crippen molar-refractivity contribution in [2.45, 2.75) is 0 Å². The van der Waals surface area contributed by atoms with E-state index in [1.54, 1.807) is 0 Å². The second-order valence-electron chi connectivity index (χ2n) is 5.50. The van der Waals surface area contributed by atoms with E-state index in [9.17, 15) is 0 Å². The molecule has 0 aliphatic heterocycles. The zero-order valence-electron chi connectivity index (χ0n) is 13.1. The lowest BCUT2D eigenvalue weighted by molar-refractivity contribution is 1.75. The SMILES string of the molecule is c1ccc([SiH2]c2ccccc2)cc1.c1ccc2ccccc2c1. The van der Waals surface area contributed by atoms with Crippen LogP contribution >= 0.6 is 0 Å². The van der Waals surface area contributed by atoms with Gasteiger partial charge in [-0.25, -0.2) is 0 Å². The predicted molar refractivity (Wildman–Crippen MR) is 105 cm³/mol. The first-order valence-corrected chi connectivity index (χ1v) is 9.35. The summed E-state index contributed by atoms with van der Waals surface area (Å²) in [5.41, 5.74) is 0. The molecule has 0 heterocycles. The van der Waals surface area contributed by atoms with E-state index in [2.05, 4.69) is 109 Å². The number of benzene rings is 4. The van der Waals surface area contributed by atoms with Crippen LogP contribution in [0, 0.1) is 0 Å². The largest absolute Gasteiger partial charge is 0.0875 e. The lowest BCUT2D eigenvalue weighted by atomic mass is 10.1. The van der Waals surface area contributed by atoms with E-state index in [1.807, 2.05) is 0 Å². The molecule has 0 aliphatic carbocycles. The van der Waals surface area contributed by atoms with Crippen molar-refractivity contribution in [3.8, 4) is 0 Å². The number of rotatable bonds is 2. The fourth-order valence-corrected chi connectivity index (χ4v) is 4.05. The second kappa shape index (κ2) is 8.11. The maximum Gasteiger partial charge on any atom is 0.0875 e. The summed E-state index contributed by atoms with van der Waals surface area (Å²) in [6.07, 6.45) is 0. The van der Waals surface area contributed by atoms with Gasteiger partial charge in [0.1, 0.15) is 0 Å². The summed E-state index contributed by atoms with van der Waals surface area (Å²) in [6, 6.07) is 38.2. The van der Waals surface area contributed by atoms with Crippen molar-refractivity contribution < 1.29 is 0 Å². The van der Waals surface area contributed by atoms with Crippen molar-refractivity contribution in [3.63, 3.8) is 0 Å². The topological polar surface area (TPSA) is 0 Å². The van der Waals surface area contributed by atoms with Crippen LogP contribution in [0.1, 0.15) is 0 Å². The molecule has 0 nitrogen and oxygen atoms in total. The highest BCUT2D eigenvalue weighted by atomic mass is 28.2. The molecule has 0 spiro atoms. The molecule has 1 heteroatoms. The van der Waals surface area contributed by atoms with Crippen LogP contribution in [0.4, 0.5) is 0 Å². The van der Waals surface area contributed by atoms with Crippen LogP contribution in [0.5, 0.6) is 0 Å². The summed E-state index contributed by atoms with van der Waals surface area (Å²) < 4.78 is 0. The van der Waals surface area contributed by atoms with E-state index in [1.165, 1.54) is 21.1 Å². The van der Waals surface area contributed by atoms with Gasteiger partial charge in [-0.15, -0.1) is 0 Å². The third-order valence-electron chi connectivity index (χ3n) is 3.75. The molecule has 112 valence electrons. The Kier molecular flexibility index (Phi) is 5.38. The van der Waals surface area contributed by atoms with Crippen molar-refractivity contribution in [1.82, 2.24) is 0 Å². The van der Waals surface area contributed by atoms with E-state index in [-0.39, 0.29) is 9.52 Å². The van der Waals surface area contributed by atoms with Crippen molar-refractivity contribution in [2.24, 2.45) is 0 Å². The highest BCUT2D eigenvalue weighted by Crippen LogP contribution is 2.11. The summed E-state index contributed by atoms with van der Waals surface area (Å²) >= 11 is 0. The summed E-state index contributed by atoms with van der Waals surface area (Å²) in [7, 11) is -0.234. The van der Waals surface area contributed by atoms with Gasteiger partial charge in [0.15, 0.2) is 0 Å². The molecule has 0 bridgehead atoms.